The molecule has 4 unspecified atom stereocenters. The minimum atomic E-state index is -0.0552. The van der Waals surface area contributed by atoms with Crippen molar-refractivity contribution in [3.05, 3.63) is 48.0 Å². The SMILES string of the molecule is COC(=O)C1C(c2ccc3ccccc3c2)CC2CCC1N2C. The monoisotopic (exact) mass is 309 g/mol. The zero-order valence-electron chi connectivity index (χ0n) is 13.7. The first-order valence-electron chi connectivity index (χ1n) is 8.47. The number of hydrogen-bond acceptors (Lipinski definition) is 3. The first-order valence-corrected chi connectivity index (χ1v) is 8.47. The maximum absolute atomic E-state index is 12.5. The molecule has 2 aliphatic heterocycles. The van der Waals surface area contributed by atoms with Crippen molar-refractivity contribution in [1.29, 1.82) is 0 Å². The van der Waals surface area contributed by atoms with Gasteiger partial charge in [-0.25, -0.2) is 0 Å². The largest absolute Gasteiger partial charge is 0.469 e. The predicted octanol–water partition coefficient (Wildman–Crippen LogP) is 3.58. The number of piperidine rings is 1. The second kappa shape index (κ2) is 5.64. The van der Waals surface area contributed by atoms with E-state index in [4.69, 9.17) is 4.74 Å². The Balaban J connectivity index is 1.76. The van der Waals surface area contributed by atoms with Crippen molar-refractivity contribution in [2.75, 3.05) is 14.2 Å². The van der Waals surface area contributed by atoms with Crippen LogP contribution in [0.5, 0.6) is 0 Å². The van der Waals surface area contributed by atoms with Gasteiger partial charge in [0.1, 0.15) is 0 Å². The normalized spacial score (nSPS) is 30.5. The second-order valence-electron chi connectivity index (χ2n) is 6.96. The van der Waals surface area contributed by atoms with E-state index in [2.05, 4.69) is 54.4 Å². The highest BCUT2D eigenvalue weighted by Crippen LogP contribution is 2.46. The first-order chi connectivity index (χ1) is 11.2. The lowest BCUT2D eigenvalue weighted by Gasteiger charge is -2.41. The lowest BCUT2D eigenvalue weighted by Crippen LogP contribution is -2.49. The van der Waals surface area contributed by atoms with E-state index >= 15 is 0 Å². The average Bonchev–Trinajstić information content (AvgIpc) is 2.83. The van der Waals surface area contributed by atoms with E-state index < -0.39 is 0 Å². The van der Waals surface area contributed by atoms with Gasteiger partial charge in [0, 0.05) is 18.0 Å². The molecule has 2 aromatic carbocycles. The zero-order chi connectivity index (χ0) is 16.0. The van der Waals surface area contributed by atoms with E-state index in [1.807, 2.05) is 0 Å². The topological polar surface area (TPSA) is 29.5 Å². The third-order valence-electron chi connectivity index (χ3n) is 5.94. The minimum Gasteiger partial charge on any atom is -0.469 e. The molecule has 120 valence electrons. The summed E-state index contributed by atoms with van der Waals surface area (Å²) in [5, 5.41) is 2.50. The molecule has 4 atom stereocenters. The molecule has 0 saturated carbocycles. The molecule has 0 radical (unpaired) electrons. The van der Waals surface area contributed by atoms with Gasteiger partial charge in [0.25, 0.3) is 0 Å². The highest BCUT2D eigenvalue weighted by molar-refractivity contribution is 5.83. The summed E-state index contributed by atoms with van der Waals surface area (Å²) in [6, 6.07) is 16.0. The van der Waals surface area contributed by atoms with Gasteiger partial charge in [0.2, 0.25) is 0 Å². The molecule has 3 nitrogen and oxygen atoms in total. The number of fused-ring (bicyclic) bond motifs is 3. The summed E-state index contributed by atoms with van der Waals surface area (Å²) in [4.78, 5) is 14.9. The van der Waals surface area contributed by atoms with Gasteiger partial charge in [-0.2, -0.15) is 0 Å². The number of carbonyl (C=O) groups is 1. The van der Waals surface area contributed by atoms with Crippen LogP contribution in [-0.2, 0) is 9.53 Å². The fraction of sp³-hybridized carbons (Fsp3) is 0.450. The van der Waals surface area contributed by atoms with Crippen molar-refractivity contribution in [3.8, 4) is 0 Å². The molecule has 0 N–H and O–H groups in total. The average molecular weight is 309 g/mol. The van der Waals surface area contributed by atoms with E-state index in [9.17, 15) is 4.79 Å². The summed E-state index contributed by atoms with van der Waals surface area (Å²) in [5.41, 5.74) is 1.28. The number of hydrogen-bond donors (Lipinski definition) is 0. The third-order valence-corrected chi connectivity index (χ3v) is 5.94. The van der Waals surface area contributed by atoms with Gasteiger partial charge in [-0.15, -0.1) is 0 Å². The van der Waals surface area contributed by atoms with Gasteiger partial charge in [-0.3, -0.25) is 9.69 Å². The Labute approximate surface area is 137 Å². The maximum Gasteiger partial charge on any atom is 0.310 e. The van der Waals surface area contributed by atoms with Crippen LogP contribution >= 0.6 is 0 Å². The molecular weight excluding hydrogens is 286 g/mol. The summed E-state index contributed by atoms with van der Waals surface area (Å²) in [5.74, 6) is 0.158. The van der Waals surface area contributed by atoms with Crippen LogP contribution in [0, 0.1) is 5.92 Å². The van der Waals surface area contributed by atoms with Crippen molar-refractivity contribution >= 4 is 16.7 Å². The Bertz CT molecular complexity index is 741. The standard InChI is InChI=1S/C20H23NO2/c1-21-16-9-10-18(21)19(20(22)23-2)17(12-16)15-8-7-13-5-3-4-6-14(13)11-15/h3-8,11,16-19H,9-10,12H2,1-2H3. The molecule has 2 aliphatic rings. The lowest BCUT2D eigenvalue weighted by molar-refractivity contribution is -0.150. The van der Waals surface area contributed by atoms with Crippen LogP contribution in [0.1, 0.15) is 30.7 Å². The fourth-order valence-corrected chi connectivity index (χ4v) is 4.71. The number of carbonyl (C=O) groups excluding carboxylic acids is 1. The number of esters is 1. The predicted molar refractivity (Wildman–Crippen MR) is 91.4 cm³/mol. The van der Waals surface area contributed by atoms with Gasteiger partial charge >= 0.3 is 5.97 Å². The van der Waals surface area contributed by atoms with E-state index in [-0.39, 0.29) is 17.8 Å². The highest BCUT2D eigenvalue weighted by atomic mass is 16.5. The molecule has 0 aromatic heterocycles. The van der Waals surface area contributed by atoms with Crippen LogP contribution in [0.3, 0.4) is 0 Å². The van der Waals surface area contributed by atoms with E-state index in [1.54, 1.807) is 0 Å². The molecule has 0 amide bonds. The number of rotatable bonds is 2. The molecule has 23 heavy (non-hydrogen) atoms. The number of benzene rings is 2. The smallest absolute Gasteiger partial charge is 0.310 e. The van der Waals surface area contributed by atoms with Crippen molar-refractivity contribution in [2.45, 2.75) is 37.3 Å². The summed E-state index contributed by atoms with van der Waals surface area (Å²) >= 11 is 0. The van der Waals surface area contributed by atoms with E-state index in [0.717, 1.165) is 12.8 Å². The number of ether oxygens (including phenoxy) is 1. The Morgan fingerprint density at radius 1 is 1.13 bits per heavy atom. The van der Waals surface area contributed by atoms with Crippen LogP contribution in [0.25, 0.3) is 10.8 Å². The quantitative estimate of drug-likeness (QED) is 0.794. The van der Waals surface area contributed by atoms with Crippen molar-refractivity contribution in [3.63, 3.8) is 0 Å². The molecule has 2 bridgehead atoms. The van der Waals surface area contributed by atoms with E-state index in [0.29, 0.717) is 12.1 Å². The van der Waals surface area contributed by atoms with E-state index in [1.165, 1.54) is 29.9 Å². The van der Waals surface area contributed by atoms with Crippen molar-refractivity contribution in [1.82, 2.24) is 4.90 Å². The van der Waals surface area contributed by atoms with Crippen LogP contribution in [-0.4, -0.2) is 37.1 Å². The van der Waals surface area contributed by atoms with Gasteiger partial charge in [-0.1, -0.05) is 42.5 Å². The lowest BCUT2D eigenvalue weighted by atomic mass is 9.76. The second-order valence-corrected chi connectivity index (χ2v) is 6.96. The summed E-state index contributed by atoms with van der Waals surface area (Å²) < 4.78 is 5.16. The third kappa shape index (κ3) is 2.34. The van der Waals surface area contributed by atoms with Gasteiger partial charge in [-0.05, 0) is 42.6 Å². The van der Waals surface area contributed by atoms with Crippen LogP contribution < -0.4 is 0 Å². The Morgan fingerprint density at radius 2 is 1.91 bits per heavy atom. The zero-order valence-corrected chi connectivity index (χ0v) is 13.7. The number of methoxy groups -OCH3 is 1. The fourth-order valence-electron chi connectivity index (χ4n) is 4.71. The first kappa shape index (κ1) is 14.7. The summed E-state index contributed by atoms with van der Waals surface area (Å²) in [6.07, 6.45) is 3.34. The van der Waals surface area contributed by atoms with Crippen LogP contribution in [0.4, 0.5) is 0 Å². The van der Waals surface area contributed by atoms with Gasteiger partial charge in [0.05, 0.1) is 13.0 Å². The Hall–Kier alpha value is -1.87. The van der Waals surface area contributed by atoms with Gasteiger partial charge < -0.3 is 4.74 Å². The van der Waals surface area contributed by atoms with Crippen molar-refractivity contribution < 1.29 is 9.53 Å². The molecule has 2 heterocycles. The summed E-state index contributed by atoms with van der Waals surface area (Å²) in [6.45, 7) is 0. The molecule has 4 rings (SSSR count). The van der Waals surface area contributed by atoms with Gasteiger partial charge in [0.15, 0.2) is 0 Å². The number of nitrogens with zero attached hydrogens (tertiary/aromatic N) is 1. The molecule has 2 aromatic rings. The molecule has 3 heteroatoms. The summed E-state index contributed by atoms with van der Waals surface area (Å²) in [7, 11) is 3.68. The molecule has 0 aliphatic carbocycles. The molecular formula is C20H23NO2. The Morgan fingerprint density at radius 3 is 2.70 bits per heavy atom. The van der Waals surface area contributed by atoms with Crippen LogP contribution in [0.2, 0.25) is 0 Å². The Kier molecular flexibility index (Phi) is 3.61. The highest BCUT2D eigenvalue weighted by Gasteiger charge is 2.49. The minimum absolute atomic E-state index is 0.0510. The van der Waals surface area contributed by atoms with Crippen molar-refractivity contribution in [2.24, 2.45) is 5.92 Å². The molecule has 2 fully saturated rings. The molecule has 0 spiro atoms. The maximum atomic E-state index is 12.5. The molecule has 2 saturated heterocycles. The van der Waals surface area contributed by atoms with Crippen LogP contribution in [0.15, 0.2) is 42.5 Å².